The molecule has 0 radical (unpaired) electrons. The van der Waals surface area contributed by atoms with Crippen LogP contribution in [0.15, 0.2) is 4.90 Å². The van der Waals surface area contributed by atoms with Gasteiger partial charge in [-0.2, -0.15) is 17.2 Å². The molecule has 0 atom stereocenters. The fourth-order valence-corrected chi connectivity index (χ4v) is 2.40. The molecular formula is C13H14F4O5S. The van der Waals surface area contributed by atoms with E-state index in [2.05, 4.69) is 4.74 Å². The van der Waals surface area contributed by atoms with Crippen LogP contribution in [0.2, 0.25) is 0 Å². The van der Waals surface area contributed by atoms with E-state index in [1.807, 2.05) is 6.92 Å². The van der Waals surface area contributed by atoms with Crippen LogP contribution in [0.5, 0.6) is 5.75 Å². The van der Waals surface area contributed by atoms with Crippen molar-refractivity contribution < 1.29 is 40.1 Å². The Morgan fingerprint density at radius 3 is 1.96 bits per heavy atom. The minimum atomic E-state index is -5.55. The molecule has 1 aromatic carbocycles. The zero-order valence-electron chi connectivity index (χ0n) is 12.0. The molecule has 0 aromatic heterocycles. The second-order valence-electron chi connectivity index (χ2n) is 4.67. The number of carbonyl (C=O) groups excluding carboxylic acids is 1. The molecule has 23 heavy (non-hydrogen) atoms. The molecule has 0 spiro atoms. The Morgan fingerprint density at radius 1 is 1.00 bits per heavy atom. The first kappa shape index (κ1) is 19.4. The van der Waals surface area contributed by atoms with E-state index in [-0.39, 0.29) is 6.42 Å². The van der Waals surface area contributed by atoms with E-state index in [0.717, 1.165) is 12.8 Å². The molecule has 10 heteroatoms. The van der Waals surface area contributed by atoms with Crippen LogP contribution in [0, 0.1) is 23.3 Å². The summed E-state index contributed by atoms with van der Waals surface area (Å²) in [4.78, 5) is 9.23. The maximum absolute atomic E-state index is 13.6. The van der Waals surface area contributed by atoms with Crippen molar-refractivity contribution in [1.29, 1.82) is 0 Å². The zero-order valence-corrected chi connectivity index (χ0v) is 12.9. The molecule has 0 fully saturated rings. The van der Waals surface area contributed by atoms with Crippen molar-refractivity contribution in [1.82, 2.24) is 0 Å². The van der Waals surface area contributed by atoms with Gasteiger partial charge in [0.1, 0.15) is 0 Å². The van der Waals surface area contributed by atoms with Gasteiger partial charge in [-0.3, -0.25) is 9.35 Å². The lowest BCUT2D eigenvalue weighted by Gasteiger charge is -2.10. The number of hydrogen-bond donors (Lipinski definition) is 1. The number of unbranched alkanes of at least 4 members (excludes halogenated alkanes) is 3. The van der Waals surface area contributed by atoms with E-state index in [1.54, 1.807) is 0 Å². The minimum Gasteiger partial charge on any atom is -0.420 e. The first-order valence-electron chi connectivity index (χ1n) is 6.65. The Bertz CT molecular complexity index is 674. The van der Waals surface area contributed by atoms with Crippen LogP contribution in [0.1, 0.15) is 39.0 Å². The summed E-state index contributed by atoms with van der Waals surface area (Å²) in [5.41, 5.74) is 0. The highest BCUT2D eigenvalue weighted by Crippen LogP contribution is 2.32. The molecule has 0 saturated carbocycles. The molecule has 0 saturated heterocycles. The normalized spacial score (nSPS) is 11.6. The Morgan fingerprint density at radius 2 is 1.52 bits per heavy atom. The fraction of sp³-hybridized carbons (Fsp3) is 0.462. The van der Waals surface area contributed by atoms with Crippen molar-refractivity contribution in [3.8, 4) is 5.75 Å². The van der Waals surface area contributed by atoms with Gasteiger partial charge in [0.05, 0.1) is 0 Å². The van der Waals surface area contributed by atoms with E-state index in [4.69, 9.17) is 4.55 Å². The van der Waals surface area contributed by atoms with Crippen molar-refractivity contribution in [3.05, 3.63) is 23.3 Å². The molecule has 1 rings (SSSR count). The number of rotatable bonds is 7. The van der Waals surface area contributed by atoms with Crippen molar-refractivity contribution >= 4 is 16.1 Å². The van der Waals surface area contributed by atoms with Crippen molar-refractivity contribution in [2.75, 3.05) is 0 Å². The third kappa shape index (κ3) is 4.64. The van der Waals surface area contributed by atoms with Gasteiger partial charge >= 0.3 is 16.1 Å². The first-order valence-corrected chi connectivity index (χ1v) is 8.09. The summed E-state index contributed by atoms with van der Waals surface area (Å²) in [6.07, 6.45) is 2.47. The smallest absolute Gasteiger partial charge is 0.311 e. The molecule has 0 heterocycles. The monoisotopic (exact) mass is 358 g/mol. The van der Waals surface area contributed by atoms with Crippen molar-refractivity contribution in [2.45, 2.75) is 43.9 Å². The molecule has 130 valence electrons. The van der Waals surface area contributed by atoms with Gasteiger partial charge in [0.25, 0.3) is 0 Å². The van der Waals surface area contributed by atoms with E-state index in [1.165, 1.54) is 0 Å². The van der Waals surface area contributed by atoms with Crippen LogP contribution in [0.3, 0.4) is 0 Å². The standard InChI is InChI=1S/C13H14F4O5S/c1-2-3-4-5-6-7(18)22-12-8(14)10(16)13(23(19,20)21)11(17)9(12)15/h2-6H2,1H3,(H,19,20,21). The average Bonchev–Trinajstić information content (AvgIpc) is 2.45. The Balaban J connectivity index is 3.08. The van der Waals surface area contributed by atoms with Gasteiger partial charge in [-0.1, -0.05) is 26.2 Å². The van der Waals surface area contributed by atoms with E-state index in [0.29, 0.717) is 12.8 Å². The van der Waals surface area contributed by atoms with Gasteiger partial charge in [-0.25, -0.2) is 8.78 Å². The van der Waals surface area contributed by atoms with Gasteiger partial charge in [0.15, 0.2) is 16.5 Å². The first-order chi connectivity index (χ1) is 10.6. The fourth-order valence-electron chi connectivity index (χ4n) is 1.77. The van der Waals surface area contributed by atoms with Crippen molar-refractivity contribution in [2.24, 2.45) is 0 Å². The summed E-state index contributed by atoms with van der Waals surface area (Å²) in [5.74, 6) is -12.0. The second kappa shape index (κ2) is 7.73. The highest BCUT2D eigenvalue weighted by atomic mass is 32.2. The van der Waals surface area contributed by atoms with Gasteiger partial charge in [0.2, 0.25) is 17.4 Å². The summed E-state index contributed by atoms with van der Waals surface area (Å²) in [5, 5.41) is 0. The molecule has 0 aliphatic carbocycles. The quantitative estimate of drug-likeness (QED) is 0.202. The molecule has 0 aliphatic rings. The third-order valence-electron chi connectivity index (χ3n) is 2.89. The summed E-state index contributed by atoms with van der Waals surface area (Å²) < 4.78 is 88.5. The van der Waals surface area contributed by atoms with Gasteiger partial charge < -0.3 is 4.74 Å². The van der Waals surface area contributed by atoms with Crippen LogP contribution >= 0.6 is 0 Å². The number of esters is 1. The zero-order chi connectivity index (χ0) is 17.8. The molecule has 0 amide bonds. The lowest BCUT2D eigenvalue weighted by Crippen LogP contribution is -2.15. The van der Waals surface area contributed by atoms with E-state index in [9.17, 15) is 30.8 Å². The number of ether oxygens (including phenoxy) is 1. The number of halogens is 4. The average molecular weight is 358 g/mol. The van der Waals surface area contributed by atoms with Crippen LogP contribution in [-0.2, 0) is 14.9 Å². The molecule has 5 nitrogen and oxygen atoms in total. The largest absolute Gasteiger partial charge is 0.420 e. The van der Waals surface area contributed by atoms with Crippen LogP contribution in [-0.4, -0.2) is 18.9 Å². The van der Waals surface area contributed by atoms with Crippen molar-refractivity contribution in [3.63, 3.8) is 0 Å². The predicted molar refractivity (Wildman–Crippen MR) is 70.5 cm³/mol. The summed E-state index contributed by atoms with van der Waals surface area (Å²) in [7, 11) is -5.55. The number of hydrogen-bond acceptors (Lipinski definition) is 4. The highest BCUT2D eigenvalue weighted by molar-refractivity contribution is 7.85. The third-order valence-corrected chi connectivity index (χ3v) is 3.77. The van der Waals surface area contributed by atoms with Gasteiger partial charge in [-0.05, 0) is 6.42 Å². The highest BCUT2D eigenvalue weighted by Gasteiger charge is 2.33. The predicted octanol–water partition coefficient (Wildman–Crippen LogP) is 3.37. The molecule has 0 bridgehead atoms. The van der Waals surface area contributed by atoms with Gasteiger partial charge in [0, 0.05) is 6.42 Å². The summed E-state index contributed by atoms with van der Waals surface area (Å²) in [6, 6.07) is 0. The second-order valence-corrected chi connectivity index (χ2v) is 6.03. The molecule has 0 aliphatic heterocycles. The topological polar surface area (TPSA) is 80.7 Å². The van der Waals surface area contributed by atoms with Crippen LogP contribution in [0.4, 0.5) is 17.6 Å². The minimum absolute atomic E-state index is 0.234. The van der Waals surface area contributed by atoms with E-state index >= 15 is 0 Å². The van der Waals surface area contributed by atoms with Crippen LogP contribution in [0.25, 0.3) is 0 Å². The Labute approximate surface area is 130 Å². The van der Waals surface area contributed by atoms with Gasteiger partial charge in [-0.15, -0.1) is 0 Å². The molecular weight excluding hydrogens is 344 g/mol. The summed E-state index contributed by atoms with van der Waals surface area (Å²) >= 11 is 0. The Kier molecular flexibility index (Phi) is 6.51. The van der Waals surface area contributed by atoms with E-state index < -0.39 is 50.0 Å². The molecule has 1 aromatic rings. The van der Waals surface area contributed by atoms with Crippen LogP contribution < -0.4 is 4.74 Å². The summed E-state index contributed by atoms with van der Waals surface area (Å²) in [6.45, 7) is 1.92. The molecule has 0 unspecified atom stereocenters. The Hall–Kier alpha value is -1.68. The molecule has 1 N–H and O–H groups in total. The lowest BCUT2D eigenvalue weighted by atomic mass is 10.1. The lowest BCUT2D eigenvalue weighted by molar-refractivity contribution is -0.135. The SMILES string of the molecule is CCCCCCC(=O)Oc1c(F)c(F)c(S(=O)(=O)O)c(F)c1F. The maximum atomic E-state index is 13.6. The maximum Gasteiger partial charge on any atom is 0.311 e. The number of benzene rings is 1. The number of carbonyl (C=O) groups is 1.